The van der Waals surface area contributed by atoms with Crippen molar-refractivity contribution in [3.05, 3.63) is 33.3 Å². The number of phenols is 2. The van der Waals surface area contributed by atoms with Crippen molar-refractivity contribution in [3.63, 3.8) is 0 Å². The minimum absolute atomic E-state index is 0.0735. The topological polar surface area (TPSA) is 58.9 Å². The van der Waals surface area contributed by atoms with E-state index in [1.165, 1.54) is 0 Å². The second kappa shape index (κ2) is 11.9. The Kier molecular flexibility index (Phi) is 9.19. The molecule has 5 heteroatoms. The van der Waals surface area contributed by atoms with E-state index in [1.54, 1.807) is 0 Å². The second-order valence-electron chi connectivity index (χ2n) is 9.07. The fourth-order valence-electron chi connectivity index (χ4n) is 4.50. The molecule has 0 fully saturated rings. The monoisotopic (exact) mass is 474 g/mol. The first-order chi connectivity index (χ1) is 16.0. The van der Waals surface area contributed by atoms with Gasteiger partial charge in [-0.1, -0.05) is 65.0 Å². The van der Waals surface area contributed by atoms with E-state index >= 15 is 0 Å². The van der Waals surface area contributed by atoms with Crippen molar-refractivity contribution in [3.8, 4) is 34.5 Å². The number of benzene rings is 2. The molecular weight excluding hydrogens is 436 g/mol. The van der Waals surface area contributed by atoms with Crippen LogP contribution in [0.3, 0.4) is 0 Å². The highest BCUT2D eigenvalue weighted by Gasteiger charge is 2.33. The Morgan fingerprint density at radius 3 is 1.52 bits per heavy atom. The van der Waals surface area contributed by atoms with Gasteiger partial charge in [0.1, 0.15) is 0 Å². The number of hydrogen-bond donors (Lipinski definition) is 2. The number of fused-ring (bicyclic) bond motifs is 2. The standard InChI is InChI=1S/C28H39ClO4/c1-5-9-13-18-19(14-10-6-2)26-23(17-22(18)29)32-27-20(15-11-7-3)24(30)25(31)21(16-12-8-4)28(27)33-26/h17,30-31H,5-16H2,1-4H3. The van der Waals surface area contributed by atoms with Crippen molar-refractivity contribution in [2.24, 2.45) is 0 Å². The lowest BCUT2D eigenvalue weighted by molar-refractivity contribution is 0.331. The lowest BCUT2D eigenvalue weighted by Gasteiger charge is -2.29. The predicted octanol–water partition coefficient (Wildman–Crippen LogP) is 9.02. The van der Waals surface area contributed by atoms with Gasteiger partial charge in [-0.25, -0.2) is 0 Å². The molecule has 2 aromatic rings. The minimum Gasteiger partial charge on any atom is -0.504 e. The van der Waals surface area contributed by atoms with Gasteiger partial charge in [-0.05, 0) is 56.9 Å². The third-order valence-electron chi connectivity index (χ3n) is 6.50. The van der Waals surface area contributed by atoms with Gasteiger partial charge in [0.2, 0.25) is 0 Å². The minimum atomic E-state index is -0.0859. The summed E-state index contributed by atoms with van der Waals surface area (Å²) in [5.41, 5.74) is 3.49. The SMILES string of the molecule is CCCCc1c(Cl)cc2c(c1CCCC)Oc1c(CCCC)c(O)c(O)c(CCCC)c1O2. The largest absolute Gasteiger partial charge is 0.504 e. The van der Waals surface area contributed by atoms with Crippen LogP contribution in [0, 0.1) is 0 Å². The highest BCUT2D eigenvalue weighted by atomic mass is 35.5. The fourth-order valence-corrected chi connectivity index (χ4v) is 4.81. The number of unbranched alkanes of at least 4 members (excludes halogenated alkanes) is 4. The molecule has 0 radical (unpaired) electrons. The van der Waals surface area contributed by atoms with Crippen LogP contribution in [-0.2, 0) is 25.7 Å². The zero-order valence-corrected chi connectivity index (χ0v) is 21.4. The van der Waals surface area contributed by atoms with Crippen LogP contribution in [0.2, 0.25) is 5.02 Å². The third kappa shape index (κ3) is 5.37. The van der Waals surface area contributed by atoms with Gasteiger partial charge >= 0.3 is 0 Å². The van der Waals surface area contributed by atoms with E-state index in [0.29, 0.717) is 46.2 Å². The maximum atomic E-state index is 10.9. The molecule has 0 aromatic heterocycles. The number of ether oxygens (including phenoxy) is 2. The molecule has 1 aliphatic heterocycles. The third-order valence-corrected chi connectivity index (χ3v) is 6.83. The summed E-state index contributed by atoms with van der Waals surface area (Å²) >= 11 is 6.76. The van der Waals surface area contributed by atoms with Crippen LogP contribution in [0.1, 0.15) is 101 Å². The number of hydrogen-bond acceptors (Lipinski definition) is 4. The van der Waals surface area contributed by atoms with E-state index in [2.05, 4.69) is 27.7 Å². The van der Waals surface area contributed by atoms with Crippen LogP contribution in [-0.4, -0.2) is 10.2 Å². The predicted molar refractivity (Wildman–Crippen MR) is 136 cm³/mol. The molecule has 182 valence electrons. The van der Waals surface area contributed by atoms with E-state index in [-0.39, 0.29) is 11.5 Å². The van der Waals surface area contributed by atoms with Gasteiger partial charge in [0.15, 0.2) is 34.5 Å². The van der Waals surface area contributed by atoms with Gasteiger partial charge in [0.05, 0.1) is 0 Å². The van der Waals surface area contributed by atoms with E-state index in [9.17, 15) is 10.2 Å². The average molecular weight is 475 g/mol. The molecule has 0 amide bonds. The first-order valence-corrected chi connectivity index (χ1v) is 13.2. The summed E-state index contributed by atoms with van der Waals surface area (Å²) in [4.78, 5) is 0. The Labute approximate surface area is 203 Å². The number of phenolic OH excluding ortho intramolecular Hbond substituents is 2. The number of rotatable bonds is 12. The Morgan fingerprint density at radius 1 is 0.606 bits per heavy atom. The molecule has 2 N–H and O–H groups in total. The number of halogens is 1. The van der Waals surface area contributed by atoms with Crippen LogP contribution in [0.5, 0.6) is 34.5 Å². The molecule has 1 aliphatic rings. The van der Waals surface area contributed by atoms with Crippen LogP contribution >= 0.6 is 11.6 Å². The Balaban J connectivity index is 2.18. The van der Waals surface area contributed by atoms with E-state index in [4.69, 9.17) is 21.1 Å². The second-order valence-corrected chi connectivity index (χ2v) is 9.48. The summed E-state index contributed by atoms with van der Waals surface area (Å²) in [5, 5.41) is 22.5. The van der Waals surface area contributed by atoms with E-state index < -0.39 is 0 Å². The molecular formula is C28H39ClO4. The van der Waals surface area contributed by atoms with Gasteiger partial charge < -0.3 is 19.7 Å². The Morgan fingerprint density at radius 2 is 1.03 bits per heavy atom. The zero-order valence-electron chi connectivity index (χ0n) is 20.7. The zero-order chi connectivity index (χ0) is 24.0. The van der Waals surface area contributed by atoms with Gasteiger partial charge in [-0.2, -0.15) is 0 Å². The van der Waals surface area contributed by atoms with Crippen molar-refractivity contribution in [1.82, 2.24) is 0 Å². The van der Waals surface area contributed by atoms with Crippen molar-refractivity contribution in [2.75, 3.05) is 0 Å². The summed E-state index contributed by atoms with van der Waals surface area (Å²) in [6.07, 6.45) is 11.0. The Hall–Kier alpha value is -2.07. The van der Waals surface area contributed by atoms with Crippen LogP contribution in [0.4, 0.5) is 0 Å². The molecule has 0 atom stereocenters. The number of aromatic hydroxyl groups is 2. The van der Waals surface area contributed by atoms with Crippen LogP contribution < -0.4 is 9.47 Å². The Bertz CT molecular complexity index is 968. The van der Waals surface area contributed by atoms with Gasteiger partial charge in [0, 0.05) is 27.8 Å². The fraction of sp³-hybridized carbons (Fsp3) is 0.571. The van der Waals surface area contributed by atoms with Crippen molar-refractivity contribution in [1.29, 1.82) is 0 Å². The summed E-state index contributed by atoms with van der Waals surface area (Å²) in [6.45, 7) is 8.57. The molecule has 1 heterocycles. The molecule has 0 saturated heterocycles. The normalized spacial score (nSPS) is 12.2. The maximum absolute atomic E-state index is 10.9. The smallest absolute Gasteiger partial charge is 0.177 e. The molecule has 0 bridgehead atoms. The van der Waals surface area contributed by atoms with Gasteiger partial charge in [0.25, 0.3) is 0 Å². The van der Waals surface area contributed by atoms with Gasteiger partial charge in [-0.3, -0.25) is 0 Å². The molecule has 2 aromatic carbocycles. The van der Waals surface area contributed by atoms with Crippen molar-refractivity contribution in [2.45, 2.75) is 105 Å². The quantitative estimate of drug-likeness (QED) is 0.257. The lowest BCUT2D eigenvalue weighted by atomic mass is 9.94. The first kappa shape index (κ1) is 25.6. The van der Waals surface area contributed by atoms with Crippen LogP contribution in [0.25, 0.3) is 0 Å². The first-order valence-electron chi connectivity index (χ1n) is 12.8. The van der Waals surface area contributed by atoms with Gasteiger partial charge in [-0.15, -0.1) is 0 Å². The molecule has 0 unspecified atom stereocenters. The average Bonchev–Trinajstić information content (AvgIpc) is 2.81. The summed E-state index contributed by atoms with van der Waals surface area (Å²) in [7, 11) is 0. The summed E-state index contributed by atoms with van der Waals surface area (Å²) < 4.78 is 13.1. The highest BCUT2D eigenvalue weighted by Crippen LogP contribution is 2.57. The van der Waals surface area contributed by atoms with E-state index in [1.807, 2.05) is 6.07 Å². The molecule has 4 nitrogen and oxygen atoms in total. The molecule has 0 spiro atoms. The molecule has 33 heavy (non-hydrogen) atoms. The summed E-state index contributed by atoms with van der Waals surface area (Å²) in [6, 6.07) is 1.86. The molecule has 0 aliphatic carbocycles. The molecule has 0 saturated carbocycles. The van der Waals surface area contributed by atoms with Crippen molar-refractivity contribution >= 4 is 11.6 Å². The van der Waals surface area contributed by atoms with Crippen molar-refractivity contribution < 1.29 is 19.7 Å². The van der Waals surface area contributed by atoms with E-state index in [0.717, 1.165) is 81.1 Å². The maximum Gasteiger partial charge on any atom is 0.177 e. The summed E-state index contributed by atoms with van der Waals surface area (Å²) in [5.74, 6) is 2.24. The highest BCUT2D eigenvalue weighted by molar-refractivity contribution is 6.31. The van der Waals surface area contributed by atoms with Crippen LogP contribution in [0.15, 0.2) is 6.07 Å². The lowest BCUT2D eigenvalue weighted by Crippen LogP contribution is -2.10. The molecule has 3 rings (SSSR count).